The molecule has 1 aromatic carbocycles. The Morgan fingerprint density at radius 2 is 1.98 bits per heavy atom. The summed E-state index contributed by atoms with van der Waals surface area (Å²) in [5, 5.41) is 10.9. The van der Waals surface area contributed by atoms with E-state index >= 15 is 0 Å². The number of benzene rings is 1. The molecule has 14 heteroatoms. The van der Waals surface area contributed by atoms with Crippen LogP contribution in [0.1, 0.15) is 50.4 Å². The van der Waals surface area contributed by atoms with Crippen molar-refractivity contribution in [2.24, 2.45) is 11.8 Å². The summed E-state index contributed by atoms with van der Waals surface area (Å²) in [7, 11) is 0. The number of imidazole rings is 1. The zero-order valence-corrected chi connectivity index (χ0v) is 24.0. The Labute approximate surface area is 245 Å². The first-order chi connectivity index (χ1) is 20.4. The van der Waals surface area contributed by atoms with Crippen molar-refractivity contribution in [3.05, 3.63) is 51.6 Å². The summed E-state index contributed by atoms with van der Waals surface area (Å²) in [6.45, 7) is 6.31. The van der Waals surface area contributed by atoms with Gasteiger partial charge in [0.15, 0.2) is 11.5 Å². The minimum Gasteiger partial charge on any atom is -0.384 e. The number of anilines is 1. The number of H-pyrrole nitrogens is 1. The van der Waals surface area contributed by atoms with Crippen molar-refractivity contribution in [3.8, 4) is 23.0 Å². The van der Waals surface area contributed by atoms with Crippen molar-refractivity contribution >= 4 is 28.7 Å². The zero-order chi connectivity index (χ0) is 28.8. The number of nitrogens with one attached hydrogen (secondary N) is 1. The van der Waals surface area contributed by atoms with Gasteiger partial charge >= 0.3 is 5.76 Å². The molecule has 1 aliphatic carbocycles. The molecule has 5 heterocycles. The smallest absolute Gasteiger partial charge is 0.384 e. The minimum absolute atomic E-state index is 0.0202. The second kappa shape index (κ2) is 11.0. The highest BCUT2D eigenvalue weighted by Crippen LogP contribution is 2.38. The summed E-state index contributed by atoms with van der Waals surface area (Å²) in [6, 6.07) is 7.16. The van der Waals surface area contributed by atoms with Gasteiger partial charge in [0.1, 0.15) is 17.3 Å². The fraction of sp³-hybridized carbons (Fsp3) is 0.464. The number of aromatic nitrogens is 8. The molecule has 42 heavy (non-hydrogen) atoms. The number of hydrogen-bond acceptors (Lipinski definition) is 11. The Morgan fingerprint density at radius 1 is 1.12 bits per heavy atom. The molecule has 1 atom stereocenters. The topological polar surface area (TPSA) is 154 Å². The van der Waals surface area contributed by atoms with Crippen LogP contribution in [0, 0.1) is 18.8 Å². The molecule has 218 valence electrons. The predicted molar refractivity (Wildman–Crippen MR) is 153 cm³/mol. The van der Waals surface area contributed by atoms with Crippen LogP contribution in [0.25, 0.3) is 34.1 Å². The van der Waals surface area contributed by atoms with Crippen LogP contribution in [-0.2, 0) is 11.3 Å². The molecule has 2 aliphatic rings. The monoisotopic (exact) mass is 591 g/mol. The number of rotatable bonds is 6. The lowest BCUT2D eigenvalue weighted by Crippen LogP contribution is -2.41. The number of fused-ring (bicyclic) bond motifs is 1. The van der Waals surface area contributed by atoms with Crippen LogP contribution in [0.15, 0.2) is 38.0 Å². The summed E-state index contributed by atoms with van der Waals surface area (Å²) in [5.74, 6) is 2.35. The first-order valence-electron chi connectivity index (χ1n) is 14.2. The third kappa shape index (κ3) is 5.07. The fourth-order valence-corrected chi connectivity index (χ4v) is 6.13. The molecule has 0 amide bonds. The number of ether oxygens (including phenoxy) is 1. The van der Waals surface area contributed by atoms with Crippen LogP contribution in [0.5, 0.6) is 0 Å². The molecular formula is C28H30ClN9O4. The van der Waals surface area contributed by atoms with Crippen LogP contribution < -0.4 is 10.7 Å². The van der Waals surface area contributed by atoms with E-state index in [4.69, 9.17) is 40.2 Å². The van der Waals surface area contributed by atoms with Crippen molar-refractivity contribution in [1.29, 1.82) is 0 Å². The molecule has 1 aliphatic heterocycles. The number of aryl methyl sites for hydroxylation is 1. The van der Waals surface area contributed by atoms with E-state index in [-0.39, 0.29) is 17.8 Å². The van der Waals surface area contributed by atoms with Crippen molar-refractivity contribution in [1.82, 2.24) is 39.9 Å². The third-order valence-electron chi connectivity index (χ3n) is 8.10. The summed E-state index contributed by atoms with van der Waals surface area (Å²) in [5.41, 5.74) is 2.61. The minimum atomic E-state index is -0.693. The van der Waals surface area contributed by atoms with Gasteiger partial charge in [-0.3, -0.25) is 0 Å². The highest BCUT2D eigenvalue weighted by atomic mass is 35.5. The van der Waals surface area contributed by atoms with Gasteiger partial charge in [-0.25, -0.2) is 19.9 Å². The molecule has 1 saturated heterocycles. The lowest BCUT2D eigenvalue weighted by atomic mass is 9.83. The Hall–Kier alpha value is -4.10. The van der Waals surface area contributed by atoms with E-state index in [2.05, 4.69) is 36.7 Å². The molecule has 0 bridgehead atoms. The number of hydrogen-bond donors (Lipinski definition) is 1. The van der Waals surface area contributed by atoms with Gasteiger partial charge in [-0.2, -0.15) is 9.97 Å². The molecule has 13 nitrogen and oxygen atoms in total. The standard InChI is InChI=1S/C28H30ClN9O4/c1-15-6-8-17(9-7-15)13-38-22-21(18-4-3-5-19(29)12-18)31-24(26-34-35-28(39)41-26)32-23(22)33-27(38)37-10-11-40-14-20(37)25-30-16(2)36-42-25/h3-5,12,15,17,20H,6-11,13-14H2,1-2H3,(H,35,39)/t15-,17-,20-/m0/s1. The highest BCUT2D eigenvalue weighted by Gasteiger charge is 2.35. The lowest BCUT2D eigenvalue weighted by molar-refractivity contribution is 0.0824. The number of morpholine rings is 1. The number of halogens is 1. The quantitative estimate of drug-likeness (QED) is 0.295. The molecule has 1 N–H and O–H groups in total. The van der Waals surface area contributed by atoms with E-state index in [1.807, 2.05) is 24.3 Å². The maximum atomic E-state index is 11.8. The van der Waals surface area contributed by atoms with E-state index in [9.17, 15) is 4.79 Å². The van der Waals surface area contributed by atoms with Gasteiger partial charge in [0.2, 0.25) is 11.8 Å². The molecule has 0 unspecified atom stereocenters. The zero-order valence-electron chi connectivity index (χ0n) is 23.3. The Kier molecular flexibility index (Phi) is 6.98. The van der Waals surface area contributed by atoms with Gasteiger partial charge in [-0.15, -0.1) is 5.10 Å². The Balaban J connectivity index is 1.45. The second-order valence-corrected chi connectivity index (χ2v) is 11.5. The van der Waals surface area contributed by atoms with E-state index in [0.29, 0.717) is 59.7 Å². The van der Waals surface area contributed by atoms with Crippen LogP contribution in [0.4, 0.5) is 5.95 Å². The van der Waals surface area contributed by atoms with Crippen LogP contribution in [-0.4, -0.2) is 59.6 Å². The molecule has 5 aromatic rings. The van der Waals surface area contributed by atoms with Crippen LogP contribution in [0.2, 0.25) is 5.02 Å². The lowest BCUT2D eigenvalue weighted by Gasteiger charge is -2.35. The van der Waals surface area contributed by atoms with Gasteiger partial charge in [0.05, 0.1) is 13.2 Å². The molecule has 0 radical (unpaired) electrons. The van der Waals surface area contributed by atoms with Crippen LogP contribution in [0.3, 0.4) is 0 Å². The van der Waals surface area contributed by atoms with Crippen molar-refractivity contribution in [2.75, 3.05) is 24.7 Å². The van der Waals surface area contributed by atoms with Gasteiger partial charge in [-0.1, -0.05) is 48.7 Å². The predicted octanol–water partition coefficient (Wildman–Crippen LogP) is 4.59. The molecule has 1 saturated carbocycles. The Bertz CT molecular complexity index is 1790. The van der Waals surface area contributed by atoms with E-state index < -0.39 is 5.76 Å². The first kappa shape index (κ1) is 26.8. The number of nitrogens with zero attached hydrogens (tertiary/aromatic N) is 8. The van der Waals surface area contributed by atoms with Crippen molar-refractivity contribution in [2.45, 2.75) is 52.1 Å². The molecule has 2 fully saturated rings. The fourth-order valence-electron chi connectivity index (χ4n) is 5.94. The second-order valence-electron chi connectivity index (χ2n) is 11.1. The molecule has 0 spiro atoms. The van der Waals surface area contributed by atoms with E-state index in [1.54, 1.807) is 6.92 Å². The highest BCUT2D eigenvalue weighted by molar-refractivity contribution is 6.30. The SMILES string of the molecule is Cc1noc([C@@H]2COCCN2c2nc3nc(-c4n[nH]c(=O)o4)nc(-c4cccc(Cl)c4)c3n2C[C@H]2CC[C@H](C)CC2)n1. The van der Waals surface area contributed by atoms with Gasteiger partial charge in [-0.05, 0) is 43.7 Å². The van der Waals surface area contributed by atoms with Crippen molar-refractivity contribution in [3.63, 3.8) is 0 Å². The maximum absolute atomic E-state index is 11.8. The van der Waals surface area contributed by atoms with Gasteiger partial charge < -0.3 is 23.1 Å². The average molecular weight is 592 g/mol. The van der Waals surface area contributed by atoms with E-state index in [1.165, 1.54) is 12.8 Å². The summed E-state index contributed by atoms with van der Waals surface area (Å²) in [6.07, 6.45) is 4.63. The normalized spacial score (nSPS) is 21.3. The molecular weight excluding hydrogens is 562 g/mol. The maximum Gasteiger partial charge on any atom is 0.434 e. The van der Waals surface area contributed by atoms with Crippen LogP contribution >= 0.6 is 11.6 Å². The summed E-state index contributed by atoms with van der Waals surface area (Å²) >= 11 is 6.44. The van der Waals surface area contributed by atoms with Gasteiger partial charge in [0, 0.05) is 23.7 Å². The average Bonchev–Trinajstić information content (AvgIpc) is 3.72. The molecule has 4 aromatic heterocycles. The largest absolute Gasteiger partial charge is 0.434 e. The van der Waals surface area contributed by atoms with Gasteiger partial charge in [0.25, 0.3) is 11.8 Å². The number of aromatic amines is 1. The summed E-state index contributed by atoms with van der Waals surface area (Å²) in [4.78, 5) is 33.2. The third-order valence-corrected chi connectivity index (χ3v) is 8.34. The van der Waals surface area contributed by atoms with Crippen molar-refractivity contribution < 1.29 is 13.7 Å². The summed E-state index contributed by atoms with van der Waals surface area (Å²) < 4.78 is 18.9. The Morgan fingerprint density at radius 3 is 2.71 bits per heavy atom. The molecule has 7 rings (SSSR count). The van der Waals surface area contributed by atoms with E-state index in [0.717, 1.165) is 36.4 Å². The first-order valence-corrected chi connectivity index (χ1v) is 14.6.